The summed E-state index contributed by atoms with van der Waals surface area (Å²) < 4.78 is 11.5. The van der Waals surface area contributed by atoms with Gasteiger partial charge < -0.3 is 14.8 Å². The second-order valence-electron chi connectivity index (χ2n) is 5.24. The summed E-state index contributed by atoms with van der Waals surface area (Å²) in [4.78, 5) is 9.33. The Kier molecular flexibility index (Phi) is 6.86. The fraction of sp³-hybridized carbons (Fsp3) is 0.733. The van der Waals surface area contributed by atoms with Gasteiger partial charge in [-0.2, -0.15) is 0 Å². The normalized spacial score (nSPS) is 14.4. The lowest BCUT2D eigenvalue weighted by Gasteiger charge is -2.12. The summed E-state index contributed by atoms with van der Waals surface area (Å²) in [6.45, 7) is 4.93. The van der Waals surface area contributed by atoms with Crippen molar-refractivity contribution in [2.75, 3.05) is 38.8 Å². The average molecular weight is 358 g/mol. The van der Waals surface area contributed by atoms with Gasteiger partial charge in [-0.15, -0.1) is 0 Å². The fourth-order valence-electron chi connectivity index (χ4n) is 2.02. The highest BCUT2D eigenvalue weighted by Gasteiger charge is 2.29. The third-order valence-corrected chi connectivity index (χ3v) is 4.11. The topological polar surface area (TPSA) is 56.3 Å². The summed E-state index contributed by atoms with van der Waals surface area (Å²) in [6, 6.07) is 0. The SMILES string of the molecule is CCCNc1nc(CCOCCOC)nc(C2CC2)c1Br. The minimum absolute atomic E-state index is 0.595. The van der Waals surface area contributed by atoms with E-state index in [1.807, 2.05) is 0 Å². The molecule has 0 saturated heterocycles. The van der Waals surface area contributed by atoms with Crippen LogP contribution < -0.4 is 5.32 Å². The van der Waals surface area contributed by atoms with Crippen LogP contribution in [0.3, 0.4) is 0 Å². The van der Waals surface area contributed by atoms with E-state index < -0.39 is 0 Å². The minimum atomic E-state index is 0.595. The van der Waals surface area contributed by atoms with Crippen molar-refractivity contribution < 1.29 is 9.47 Å². The van der Waals surface area contributed by atoms with Crippen molar-refractivity contribution in [3.8, 4) is 0 Å². The van der Waals surface area contributed by atoms with Gasteiger partial charge in [0.2, 0.25) is 0 Å². The highest BCUT2D eigenvalue weighted by Crippen LogP contribution is 2.43. The first kappa shape index (κ1) is 16.6. The number of hydrogen-bond donors (Lipinski definition) is 1. The maximum Gasteiger partial charge on any atom is 0.144 e. The largest absolute Gasteiger partial charge is 0.382 e. The molecule has 0 radical (unpaired) electrons. The Morgan fingerprint density at radius 3 is 2.71 bits per heavy atom. The fourth-order valence-corrected chi connectivity index (χ4v) is 2.66. The first-order chi connectivity index (χ1) is 10.3. The second kappa shape index (κ2) is 8.66. The van der Waals surface area contributed by atoms with Crippen molar-refractivity contribution in [1.82, 2.24) is 9.97 Å². The summed E-state index contributed by atoms with van der Waals surface area (Å²) in [7, 11) is 1.68. The Morgan fingerprint density at radius 1 is 1.24 bits per heavy atom. The van der Waals surface area contributed by atoms with Gasteiger partial charge in [0, 0.05) is 26.0 Å². The van der Waals surface area contributed by atoms with Gasteiger partial charge in [-0.1, -0.05) is 6.92 Å². The summed E-state index contributed by atoms with van der Waals surface area (Å²) in [5.41, 5.74) is 1.15. The zero-order valence-corrected chi connectivity index (χ0v) is 14.4. The molecule has 6 heteroatoms. The Hall–Kier alpha value is -0.720. The first-order valence-electron chi connectivity index (χ1n) is 7.63. The predicted molar refractivity (Wildman–Crippen MR) is 86.9 cm³/mol. The molecule has 1 aromatic rings. The molecular formula is C15H24BrN3O2. The molecule has 0 bridgehead atoms. The van der Waals surface area contributed by atoms with Crippen LogP contribution in [0, 0.1) is 0 Å². The third kappa shape index (κ3) is 5.20. The van der Waals surface area contributed by atoms with Gasteiger partial charge in [0.15, 0.2) is 0 Å². The lowest BCUT2D eigenvalue weighted by atomic mass is 10.2. The van der Waals surface area contributed by atoms with Crippen molar-refractivity contribution in [2.45, 2.75) is 38.5 Å². The maximum atomic E-state index is 5.51. The molecule has 118 valence electrons. The van der Waals surface area contributed by atoms with E-state index in [0.717, 1.165) is 41.2 Å². The summed E-state index contributed by atoms with van der Waals surface area (Å²) >= 11 is 3.65. The number of rotatable bonds is 10. The predicted octanol–water partition coefficient (Wildman–Crippen LogP) is 3.14. The second-order valence-corrected chi connectivity index (χ2v) is 6.04. The van der Waals surface area contributed by atoms with Crippen molar-refractivity contribution in [2.24, 2.45) is 0 Å². The van der Waals surface area contributed by atoms with Gasteiger partial charge in [-0.3, -0.25) is 0 Å². The molecule has 21 heavy (non-hydrogen) atoms. The van der Waals surface area contributed by atoms with Crippen LogP contribution in [0.1, 0.15) is 43.6 Å². The molecule has 0 aromatic carbocycles. The molecule has 0 amide bonds. The zero-order valence-electron chi connectivity index (χ0n) is 12.8. The van der Waals surface area contributed by atoms with E-state index in [4.69, 9.17) is 14.5 Å². The van der Waals surface area contributed by atoms with Gasteiger partial charge in [0.25, 0.3) is 0 Å². The van der Waals surface area contributed by atoms with E-state index in [9.17, 15) is 0 Å². The summed E-state index contributed by atoms with van der Waals surface area (Å²) in [5, 5.41) is 3.38. The van der Waals surface area contributed by atoms with Crippen LogP contribution in [-0.2, 0) is 15.9 Å². The molecule has 0 spiro atoms. The number of hydrogen-bond acceptors (Lipinski definition) is 5. The van der Waals surface area contributed by atoms with Crippen LogP contribution >= 0.6 is 15.9 Å². The molecule has 1 heterocycles. The van der Waals surface area contributed by atoms with E-state index >= 15 is 0 Å². The number of nitrogens with one attached hydrogen (secondary N) is 1. The molecule has 1 fully saturated rings. The van der Waals surface area contributed by atoms with Crippen LogP contribution in [0.2, 0.25) is 0 Å². The van der Waals surface area contributed by atoms with Crippen LogP contribution in [0.5, 0.6) is 0 Å². The monoisotopic (exact) mass is 357 g/mol. The Bertz CT molecular complexity index is 453. The molecule has 2 rings (SSSR count). The molecule has 1 aromatic heterocycles. The summed E-state index contributed by atoms with van der Waals surface area (Å²) in [5.74, 6) is 2.37. The average Bonchev–Trinajstić information content (AvgIpc) is 3.31. The van der Waals surface area contributed by atoms with E-state index in [0.29, 0.717) is 25.7 Å². The lowest BCUT2D eigenvalue weighted by molar-refractivity contribution is 0.0716. The minimum Gasteiger partial charge on any atom is -0.382 e. The van der Waals surface area contributed by atoms with Gasteiger partial charge in [0.05, 0.1) is 30.0 Å². The Labute approximate surface area is 135 Å². The molecule has 1 aliphatic rings. The van der Waals surface area contributed by atoms with E-state index in [-0.39, 0.29) is 0 Å². The standard InChI is InChI=1S/C15H24BrN3O2/c1-3-7-17-15-13(16)14(11-4-5-11)18-12(19-15)6-8-21-10-9-20-2/h11H,3-10H2,1-2H3,(H,17,18,19). The van der Waals surface area contributed by atoms with Crippen molar-refractivity contribution >= 4 is 21.7 Å². The number of methoxy groups -OCH3 is 1. The molecule has 1 saturated carbocycles. The number of halogens is 1. The van der Waals surface area contributed by atoms with Crippen LogP contribution in [0.4, 0.5) is 5.82 Å². The molecule has 1 N–H and O–H groups in total. The smallest absolute Gasteiger partial charge is 0.144 e. The van der Waals surface area contributed by atoms with Crippen molar-refractivity contribution in [3.63, 3.8) is 0 Å². The maximum absolute atomic E-state index is 5.51. The van der Waals surface area contributed by atoms with Crippen molar-refractivity contribution in [1.29, 1.82) is 0 Å². The molecule has 1 aliphatic carbocycles. The number of ether oxygens (including phenoxy) is 2. The summed E-state index contributed by atoms with van der Waals surface area (Å²) in [6.07, 6.45) is 4.27. The number of nitrogens with zero attached hydrogens (tertiary/aromatic N) is 2. The molecule has 5 nitrogen and oxygen atoms in total. The molecule has 0 unspecified atom stereocenters. The number of aromatic nitrogens is 2. The van der Waals surface area contributed by atoms with Crippen LogP contribution in [0.15, 0.2) is 4.47 Å². The number of anilines is 1. The molecule has 0 aliphatic heterocycles. The molecule has 0 atom stereocenters. The van der Waals surface area contributed by atoms with Gasteiger partial charge >= 0.3 is 0 Å². The van der Waals surface area contributed by atoms with E-state index in [1.54, 1.807) is 7.11 Å². The van der Waals surface area contributed by atoms with Crippen LogP contribution in [-0.4, -0.2) is 43.4 Å². The zero-order chi connectivity index (χ0) is 15.1. The first-order valence-corrected chi connectivity index (χ1v) is 8.42. The van der Waals surface area contributed by atoms with Gasteiger partial charge in [-0.05, 0) is 35.2 Å². The highest BCUT2D eigenvalue weighted by molar-refractivity contribution is 9.10. The Morgan fingerprint density at radius 2 is 2.05 bits per heavy atom. The third-order valence-electron chi connectivity index (χ3n) is 3.33. The van der Waals surface area contributed by atoms with E-state index in [2.05, 4.69) is 33.2 Å². The Balaban J connectivity index is 2.00. The quantitative estimate of drug-likeness (QED) is 0.651. The lowest BCUT2D eigenvalue weighted by Crippen LogP contribution is -2.11. The highest BCUT2D eigenvalue weighted by atomic mass is 79.9. The van der Waals surface area contributed by atoms with Gasteiger partial charge in [-0.25, -0.2) is 9.97 Å². The molecular weight excluding hydrogens is 334 g/mol. The van der Waals surface area contributed by atoms with E-state index in [1.165, 1.54) is 12.8 Å². The van der Waals surface area contributed by atoms with Crippen molar-refractivity contribution in [3.05, 3.63) is 16.0 Å². The van der Waals surface area contributed by atoms with Crippen LogP contribution in [0.25, 0.3) is 0 Å². The van der Waals surface area contributed by atoms with Gasteiger partial charge in [0.1, 0.15) is 11.6 Å².